The molecule has 0 aromatic carbocycles. The third kappa shape index (κ3) is 2.79. The molecule has 0 spiro atoms. The Kier molecular flexibility index (Phi) is 3.70. The first-order valence-corrected chi connectivity index (χ1v) is 8.47. The van der Waals surface area contributed by atoms with Crippen molar-refractivity contribution < 1.29 is 9.21 Å². The zero-order chi connectivity index (χ0) is 15.6. The van der Waals surface area contributed by atoms with Gasteiger partial charge in [-0.1, -0.05) is 0 Å². The fourth-order valence-corrected chi connectivity index (χ4v) is 3.61. The van der Waals surface area contributed by atoms with Gasteiger partial charge in [0.15, 0.2) is 5.76 Å². The standard InChI is InChI=1S/C16H16N4O2S/c21-16(13-2-1-8-22-13)20-6-3-11(4-7-20)19-14-12-5-9-23-15(12)18-10-17-14/h1-2,5,8-11H,3-4,6-7H2,(H,17,18,19). The van der Waals surface area contributed by atoms with Gasteiger partial charge >= 0.3 is 0 Å². The van der Waals surface area contributed by atoms with Gasteiger partial charge in [0.05, 0.1) is 11.6 Å². The van der Waals surface area contributed by atoms with Crippen LogP contribution >= 0.6 is 11.3 Å². The van der Waals surface area contributed by atoms with Gasteiger partial charge in [0, 0.05) is 19.1 Å². The summed E-state index contributed by atoms with van der Waals surface area (Å²) in [5, 5.41) is 6.58. The third-order valence-electron chi connectivity index (χ3n) is 4.12. The second-order valence-electron chi connectivity index (χ2n) is 5.55. The highest BCUT2D eigenvalue weighted by atomic mass is 32.1. The number of carbonyl (C=O) groups excluding carboxylic acids is 1. The van der Waals surface area contributed by atoms with E-state index >= 15 is 0 Å². The number of carbonyl (C=O) groups is 1. The number of aromatic nitrogens is 2. The Morgan fingerprint density at radius 1 is 1.30 bits per heavy atom. The van der Waals surface area contributed by atoms with E-state index in [1.54, 1.807) is 29.8 Å². The summed E-state index contributed by atoms with van der Waals surface area (Å²) < 4.78 is 5.19. The molecule has 0 saturated carbocycles. The van der Waals surface area contributed by atoms with Crippen LogP contribution in [0.2, 0.25) is 0 Å². The minimum absolute atomic E-state index is 0.0317. The Balaban J connectivity index is 1.40. The highest BCUT2D eigenvalue weighted by Crippen LogP contribution is 2.26. The number of amides is 1. The number of fused-ring (bicyclic) bond motifs is 1. The maximum atomic E-state index is 12.3. The normalized spacial score (nSPS) is 15.9. The highest BCUT2D eigenvalue weighted by molar-refractivity contribution is 7.16. The molecule has 0 aliphatic carbocycles. The molecule has 0 atom stereocenters. The fourth-order valence-electron chi connectivity index (χ4n) is 2.88. The second kappa shape index (κ2) is 6.00. The van der Waals surface area contributed by atoms with Crippen molar-refractivity contribution in [1.29, 1.82) is 0 Å². The minimum Gasteiger partial charge on any atom is -0.459 e. The Hall–Kier alpha value is -2.41. The monoisotopic (exact) mass is 328 g/mol. The van der Waals surface area contributed by atoms with Crippen molar-refractivity contribution in [3.8, 4) is 0 Å². The van der Waals surface area contributed by atoms with Crippen LogP contribution in [-0.2, 0) is 0 Å². The van der Waals surface area contributed by atoms with Crippen molar-refractivity contribution in [2.45, 2.75) is 18.9 Å². The summed E-state index contributed by atoms with van der Waals surface area (Å²) in [6.45, 7) is 1.43. The Morgan fingerprint density at radius 2 is 2.17 bits per heavy atom. The van der Waals surface area contributed by atoms with E-state index in [2.05, 4.69) is 15.3 Å². The molecule has 118 valence electrons. The molecule has 1 aliphatic heterocycles. The van der Waals surface area contributed by atoms with Crippen molar-refractivity contribution in [2.75, 3.05) is 18.4 Å². The molecule has 3 aromatic heterocycles. The van der Waals surface area contributed by atoms with E-state index < -0.39 is 0 Å². The summed E-state index contributed by atoms with van der Waals surface area (Å²) in [5.74, 6) is 1.26. The molecular weight excluding hydrogens is 312 g/mol. The van der Waals surface area contributed by atoms with Crippen LogP contribution in [0, 0.1) is 0 Å². The molecule has 0 unspecified atom stereocenters. The smallest absolute Gasteiger partial charge is 0.289 e. The number of furan rings is 1. The van der Waals surface area contributed by atoms with Crippen molar-refractivity contribution in [1.82, 2.24) is 14.9 Å². The number of nitrogens with one attached hydrogen (secondary N) is 1. The first-order valence-electron chi connectivity index (χ1n) is 7.59. The lowest BCUT2D eigenvalue weighted by molar-refractivity contribution is 0.0686. The lowest BCUT2D eigenvalue weighted by Crippen LogP contribution is -2.42. The summed E-state index contributed by atoms with van der Waals surface area (Å²) in [5.41, 5.74) is 0. The lowest BCUT2D eigenvalue weighted by Gasteiger charge is -2.32. The van der Waals surface area contributed by atoms with E-state index in [0.29, 0.717) is 11.8 Å². The van der Waals surface area contributed by atoms with Crippen LogP contribution in [0.5, 0.6) is 0 Å². The summed E-state index contributed by atoms with van der Waals surface area (Å²) in [7, 11) is 0. The first kappa shape index (κ1) is 14.2. The van der Waals surface area contributed by atoms with E-state index in [-0.39, 0.29) is 5.91 Å². The average molecular weight is 328 g/mol. The van der Waals surface area contributed by atoms with Gasteiger partial charge in [-0.3, -0.25) is 4.79 Å². The molecule has 4 heterocycles. The fraction of sp³-hybridized carbons (Fsp3) is 0.312. The van der Waals surface area contributed by atoms with E-state index in [1.807, 2.05) is 16.3 Å². The number of piperidine rings is 1. The molecule has 1 saturated heterocycles. The van der Waals surface area contributed by atoms with Gasteiger partial charge in [-0.2, -0.15) is 0 Å². The predicted octanol–water partition coefficient (Wildman–Crippen LogP) is 3.00. The summed E-state index contributed by atoms with van der Waals surface area (Å²) in [4.78, 5) is 23.7. The molecule has 3 aromatic rings. The van der Waals surface area contributed by atoms with Gasteiger partial charge in [0.1, 0.15) is 17.0 Å². The lowest BCUT2D eigenvalue weighted by atomic mass is 10.0. The maximum absolute atomic E-state index is 12.3. The number of likely N-dealkylation sites (tertiary alicyclic amines) is 1. The third-order valence-corrected chi connectivity index (χ3v) is 4.94. The molecule has 1 fully saturated rings. The van der Waals surface area contributed by atoms with Gasteiger partial charge in [0.2, 0.25) is 0 Å². The molecular formula is C16H16N4O2S. The SMILES string of the molecule is O=C(c1ccco1)N1CCC(Nc2ncnc3sccc23)CC1. The molecule has 4 rings (SSSR count). The van der Waals surface area contributed by atoms with Crippen LogP contribution < -0.4 is 5.32 Å². The quantitative estimate of drug-likeness (QED) is 0.800. The van der Waals surface area contributed by atoms with E-state index in [4.69, 9.17) is 4.42 Å². The number of thiophene rings is 1. The molecule has 6 nitrogen and oxygen atoms in total. The number of hydrogen-bond donors (Lipinski definition) is 1. The Morgan fingerprint density at radius 3 is 2.96 bits per heavy atom. The first-order chi connectivity index (χ1) is 11.3. The maximum Gasteiger partial charge on any atom is 0.289 e. The zero-order valence-electron chi connectivity index (χ0n) is 12.4. The van der Waals surface area contributed by atoms with E-state index in [0.717, 1.165) is 42.0 Å². The second-order valence-corrected chi connectivity index (χ2v) is 6.44. The van der Waals surface area contributed by atoms with Gasteiger partial charge in [-0.05, 0) is 36.4 Å². The topological polar surface area (TPSA) is 71.3 Å². The molecule has 1 N–H and O–H groups in total. The summed E-state index contributed by atoms with van der Waals surface area (Å²) in [6.07, 6.45) is 4.91. The molecule has 1 amide bonds. The molecule has 0 bridgehead atoms. The van der Waals surface area contributed by atoms with Crippen molar-refractivity contribution in [3.05, 3.63) is 41.9 Å². The van der Waals surface area contributed by atoms with Crippen LogP contribution in [0.25, 0.3) is 10.2 Å². The Bertz CT molecular complexity index is 806. The predicted molar refractivity (Wildman–Crippen MR) is 88.7 cm³/mol. The van der Waals surface area contributed by atoms with Crippen molar-refractivity contribution in [2.24, 2.45) is 0 Å². The van der Waals surface area contributed by atoms with Gasteiger partial charge in [0.25, 0.3) is 5.91 Å². The van der Waals surface area contributed by atoms with Crippen LogP contribution in [0.3, 0.4) is 0 Å². The van der Waals surface area contributed by atoms with Crippen molar-refractivity contribution >= 4 is 33.3 Å². The Labute approximate surface area is 137 Å². The van der Waals surface area contributed by atoms with Gasteiger partial charge < -0.3 is 14.6 Å². The van der Waals surface area contributed by atoms with Crippen LogP contribution in [0.4, 0.5) is 5.82 Å². The highest BCUT2D eigenvalue weighted by Gasteiger charge is 2.25. The summed E-state index contributed by atoms with van der Waals surface area (Å²) >= 11 is 1.61. The number of rotatable bonds is 3. The van der Waals surface area contributed by atoms with Crippen LogP contribution in [0.15, 0.2) is 40.6 Å². The molecule has 1 aliphatic rings. The van der Waals surface area contributed by atoms with Crippen molar-refractivity contribution in [3.63, 3.8) is 0 Å². The molecule has 0 radical (unpaired) electrons. The number of hydrogen-bond acceptors (Lipinski definition) is 6. The summed E-state index contributed by atoms with van der Waals surface area (Å²) in [6, 6.07) is 5.80. The van der Waals surface area contributed by atoms with Gasteiger partial charge in [-0.15, -0.1) is 11.3 Å². The van der Waals surface area contributed by atoms with Gasteiger partial charge in [-0.25, -0.2) is 9.97 Å². The van der Waals surface area contributed by atoms with E-state index in [9.17, 15) is 4.79 Å². The largest absolute Gasteiger partial charge is 0.459 e. The molecule has 23 heavy (non-hydrogen) atoms. The van der Waals surface area contributed by atoms with E-state index in [1.165, 1.54) is 6.26 Å². The molecule has 7 heteroatoms. The van der Waals surface area contributed by atoms with Crippen LogP contribution in [0.1, 0.15) is 23.4 Å². The minimum atomic E-state index is -0.0317. The average Bonchev–Trinajstić information content (AvgIpc) is 3.27. The zero-order valence-corrected chi connectivity index (χ0v) is 13.3. The number of nitrogens with zero attached hydrogens (tertiary/aromatic N) is 3. The number of anilines is 1. The van der Waals surface area contributed by atoms with Crippen LogP contribution in [-0.4, -0.2) is 39.9 Å².